The number of halogens is 1. The molecule has 1 saturated heterocycles. The molecule has 92 valence electrons. The van der Waals surface area contributed by atoms with Crippen LogP contribution in [-0.2, 0) is 0 Å². The van der Waals surface area contributed by atoms with E-state index in [0.717, 1.165) is 24.1 Å². The third kappa shape index (κ3) is 1.98. The van der Waals surface area contributed by atoms with E-state index in [4.69, 9.17) is 5.73 Å². The minimum absolute atomic E-state index is 0.149. The zero-order valence-electron chi connectivity index (χ0n) is 10.2. The van der Waals surface area contributed by atoms with Gasteiger partial charge in [0.05, 0.1) is 6.04 Å². The molecule has 1 aliphatic heterocycles. The Balaban J connectivity index is 1.97. The summed E-state index contributed by atoms with van der Waals surface area (Å²) < 4.78 is 13.4. The van der Waals surface area contributed by atoms with E-state index in [2.05, 4.69) is 4.90 Å². The highest BCUT2D eigenvalue weighted by atomic mass is 19.1. The lowest BCUT2D eigenvalue weighted by Gasteiger charge is -2.28. The largest absolute Gasteiger partial charge is 0.326 e. The Labute approximate surface area is 102 Å². The number of benzene rings is 1. The van der Waals surface area contributed by atoms with Gasteiger partial charge in [-0.3, -0.25) is 4.90 Å². The summed E-state index contributed by atoms with van der Waals surface area (Å²) in [6.45, 7) is 3.11. The number of likely N-dealkylation sites (tertiary alicyclic amines) is 1. The van der Waals surface area contributed by atoms with Gasteiger partial charge >= 0.3 is 0 Å². The van der Waals surface area contributed by atoms with Gasteiger partial charge in [0, 0.05) is 18.6 Å². The minimum atomic E-state index is -0.152. The predicted molar refractivity (Wildman–Crippen MR) is 66.2 cm³/mol. The summed E-state index contributed by atoms with van der Waals surface area (Å²) in [5, 5.41) is 0. The first-order chi connectivity index (χ1) is 8.16. The second-order valence-electron chi connectivity index (χ2n) is 5.37. The topological polar surface area (TPSA) is 29.3 Å². The summed E-state index contributed by atoms with van der Waals surface area (Å²) in [5.74, 6) is -0.152. The molecule has 1 aromatic rings. The smallest absolute Gasteiger partial charge is 0.123 e. The van der Waals surface area contributed by atoms with Crippen molar-refractivity contribution in [2.45, 2.75) is 44.3 Å². The number of hydrogen-bond donors (Lipinski definition) is 1. The number of nitrogens with two attached hydrogens (primary N) is 1. The lowest BCUT2D eigenvalue weighted by molar-refractivity contribution is 0.236. The lowest BCUT2D eigenvalue weighted by atomic mass is 9.96. The molecule has 2 nitrogen and oxygen atoms in total. The number of aryl methyl sites for hydroxylation is 1. The summed E-state index contributed by atoms with van der Waals surface area (Å²) in [6, 6.07) is 6.12. The van der Waals surface area contributed by atoms with Gasteiger partial charge in [0.15, 0.2) is 0 Å². The van der Waals surface area contributed by atoms with Crippen molar-refractivity contribution in [1.29, 1.82) is 0 Å². The number of nitrogens with zero attached hydrogens (tertiary/aromatic N) is 1. The van der Waals surface area contributed by atoms with Crippen molar-refractivity contribution < 1.29 is 4.39 Å². The van der Waals surface area contributed by atoms with E-state index in [-0.39, 0.29) is 17.9 Å². The van der Waals surface area contributed by atoms with Gasteiger partial charge in [-0.1, -0.05) is 6.07 Å². The fourth-order valence-corrected chi connectivity index (χ4v) is 3.00. The monoisotopic (exact) mass is 234 g/mol. The average Bonchev–Trinajstić information content (AvgIpc) is 3.07. The van der Waals surface area contributed by atoms with E-state index >= 15 is 0 Å². The third-order valence-corrected chi connectivity index (χ3v) is 4.06. The first-order valence-electron chi connectivity index (χ1n) is 6.44. The quantitative estimate of drug-likeness (QED) is 0.851. The van der Waals surface area contributed by atoms with E-state index < -0.39 is 0 Å². The van der Waals surface area contributed by atoms with Crippen LogP contribution < -0.4 is 5.73 Å². The van der Waals surface area contributed by atoms with Crippen molar-refractivity contribution in [1.82, 2.24) is 4.90 Å². The van der Waals surface area contributed by atoms with Crippen LogP contribution in [0.5, 0.6) is 0 Å². The number of hydrogen-bond acceptors (Lipinski definition) is 2. The summed E-state index contributed by atoms with van der Waals surface area (Å²) in [6.07, 6.45) is 3.58. The van der Waals surface area contributed by atoms with Crippen LogP contribution in [0.25, 0.3) is 0 Å². The second kappa shape index (κ2) is 4.07. The second-order valence-corrected chi connectivity index (χ2v) is 5.37. The Morgan fingerprint density at radius 2 is 2.06 bits per heavy atom. The molecule has 2 fully saturated rings. The molecule has 1 aliphatic carbocycles. The lowest BCUT2D eigenvalue weighted by Crippen LogP contribution is -2.33. The summed E-state index contributed by atoms with van der Waals surface area (Å²) >= 11 is 0. The SMILES string of the molecule is Cc1ccc(F)cc1C1C(N)CCN1C1CC1. The van der Waals surface area contributed by atoms with Crippen LogP contribution in [0.15, 0.2) is 18.2 Å². The Morgan fingerprint density at radius 3 is 2.76 bits per heavy atom. The highest BCUT2D eigenvalue weighted by molar-refractivity contribution is 5.32. The normalized spacial score (nSPS) is 29.8. The minimum Gasteiger partial charge on any atom is -0.326 e. The molecule has 0 bridgehead atoms. The van der Waals surface area contributed by atoms with E-state index in [1.807, 2.05) is 13.0 Å². The molecular formula is C14H19FN2. The van der Waals surface area contributed by atoms with Gasteiger partial charge in [-0.25, -0.2) is 4.39 Å². The maximum absolute atomic E-state index is 13.4. The molecule has 1 heterocycles. The summed E-state index contributed by atoms with van der Waals surface area (Å²) in [7, 11) is 0. The van der Waals surface area contributed by atoms with Gasteiger partial charge in [-0.15, -0.1) is 0 Å². The van der Waals surface area contributed by atoms with Gasteiger partial charge < -0.3 is 5.73 Å². The molecule has 2 atom stereocenters. The van der Waals surface area contributed by atoms with Crippen LogP contribution in [0.2, 0.25) is 0 Å². The molecule has 0 spiro atoms. The summed E-state index contributed by atoms with van der Waals surface area (Å²) in [5.41, 5.74) is 8.46. The molecule has 0 aromatic heterocycles. The third-order valence-electron chi connectivity index (χ3n) is 4.06. The highest BCUT2D eigenvalue weighted by Crippen LogP contribution is 2.41. The van der Waals surface area contributed by atoms with Crippen LogP contribution in [0.4, 0.5) is 4.39 Å². The van der Waals surface area contributed by atoms with Gasteiger partial charge in [0.1, 0.15) is 5.82 Å². The van der Waals surface area contributed by atoms with Crippen LogP contribution in [0, 0.1) is 12.7 Å². The van der Waals surface area contributed by atoms with E-state index in [1.165, 1.54) is 18.9 Å². The maximum Gasteiger partial charge on any atom is 0.123 e. The number of rotatable bonds is 2. The predicted octanol–water partition coefficient (Wildman–Crippen LogP) is 2.37. The Morgan fingerprint density at radius 1 is 1.29 bits per heavy atom. The summed E-state index contributed by atoms with van der Waals surface area (Å²) in [4.78, 5) is 2.48. The maximum atomic E-state index is 13.4. The van der Waals surface area contributed by atoms with Crippen molar-refractivity contribution in [2.24, 2.45) is 5.73 Å². The zero-order valence-corrected chi connectivity index (χ0v) is 10.2. The van der Waals surface area contributed by atoms with Crippen molar-refractivity contribution in [3.63, 3.8) is 0 Å². The fourth-order valence-electron chi connectivity index (χ4n) is 3.00. The van der Waals surface area contributed by atoms with Crippen LogP contribution in [0.3, 0.4) is 0 Å². The van der Waals surface area contributed by atoms with Gasteiger partial charge in [-0.2, -0.15) is 0 Å². The Hall–Kier alpha value is -0.930. The molecule has 3 heteroatoms. The van der Waals surface area contributed by atoms with E-state index in [1.54, 1.807) is 6.07 Å². The van der Waals surface area contributed by atoms with Crippen molar-refractivity contribution in [3.05, 3.63) is 35.1 Å². The van der Waals surface area contributed by atoms with Crippen molar-refractivity contribution >= 4 is 0 Å². The first-order valence-corrected chi connectivity index (χ1v) is 6.44. The van der Waals surface area contributed by atoms with Crippen molar-refractivity contribution in [2.75, 3.05) is 6.54 Å². The zero-order chi connectivity index (χ0) is 12.0. The average molecular weight is 234 g/mol. The highest BCUT2D eigenvalue weighted by Gasteiger charge is 2.41. The van der Waals surface area contributed by atoms with Gasteiger partial charge in [0.25, 0.3) is 0 Å². The van der Waals surface area contributed by atoms with E-state index in [9.17, 15) is 4.39 Å². The van der Waals surface area contributed by atoms with Crippen molar-refractivity contribution in [3.8, 4) is 0 Å². The Kier molecular flexibility index (Phi) is 2.68. The van der Waals surface area contributed by atoms with Gasteiger partial charge in [0.2, 0.25) is 0 Å². The first kappa shape index (κ1) is 11.2. The molecule has 2 unspecified atom stereocenters. The Bertz CT molecular complexity index is 428. The molecule has 0 amide bonds. The molecule has 0 radical (unpaired) electrons. The van der Waals surface area contributed by atoms with E-state index in [0.29, 0.717) is 6.04 Å². The standard InChI is InChI=1S/C14H19FN2/c1-9-2-3-10(15)8-12(9)14-13(16)6-7-17(14)11-4-5-11/h2-3,8,11,13-14H,4-7,16H2,1H3. The molecular weight excluding hydrogens is 215 g/mol. The molecule has 2 aliphatic rings. The molecule has 2 N–H and O–H groups in total. The van der Waals surface area contributed by atoms with Crippen LogP contribution in [0.1, 0.15) is 36.4 Å². The van der Waals surface area contributed by atoms with Crippen LogP contribution in [-0.4, -0.2) is 23.5 Å². The molecule has 1 saturated carbocycles. The molecule has 17 heavy (non-hydrogen) atoms. The molecule has 1 aromatic carbocycles. The fraction of sp³-hybridized carbons (Fsp3) is 0.571. The van der Waals surface area contributed by atoms with Crippen LogP contribution >= 0.6 is 0 Å². The van der Waals surface area contributed by atoms with Gasteiger partial charge in [-0.05, 0) is 49.4 Å². The molecule has 3 rings (SSSR count).